The quantitative estimate of drug-likeness (QED) is 0.404. The minimum Gasteiger partial charge on any atom is -0.328 e. The van der Waals surface area contributed by atoms with E-state index in [1.54, 1.807) is 0 Å². The molecule has 0 aliphatic rings. The zero-order valence-electron chi connectivity index (χ0n) is 10.5. The molecule has 0 radical (unpaired) electrons. The van der Waals surface area contributed by atoms with Crippen molar-refractivity contribution in [3.05, 3.63) is 0 Å². The van der Waals surface area contributed by atoms with Crippen LogP contribution >= 0.6 is 8.60 Å². The van der Waals surface area contributed by atoms with Gasteiger partial charge in [-0.2, -0.15) is 0 Å². The summed E-state index contributed by atoms with van der Waals surface area (Å²) < 4.78 is 4.69. The summed E-state index contributed by atoms with van der Waals surface area (Å²) in [6.07, 6.45) is 12.8. The fraction of sp³-hybridized carbons (Fsp3) is 1.00. The van der Waals surface area contributed by atoms with E-state index in [0.717, 1.165) is 12.8 Å². The molecule has 98 valence electrons. The van der Waals surface area contributed by atoms with E-state index >= 15 is 0 Å². The maximum absolute atomic E-state index is 8.49. The second-order valence-electron chi connectivity index (χ2n) is 4.27. The Balaban J connectivity index is 2.88. The number of rotatable bonds is 12. The molecule has 3 nitrogen and oxygen atoms in total. The van der Waals surface area contributed by atoms with Crippen LogP contribution in [0, 0.1) is 0 Å². The normalized spacial score (nSPS) is 11.2. The minimum atomic E-state index is -2.14. The van der Waals surface area contributed by atoms with Crippen molar-refractivity contribution in [2.24, 2.45) is 0 Å². The average Bonchev–Trinajstić information content (AvgIpc) is 2.25. The molecule has 0 spiro atoms. The molecule has 0 aliphatic heterocycles. The summed E-state index contributed by atoms with van der Waals surface area (Å²) in [4.78, 5) is 17.0. The van der Waals surface area contributed by atoms with Crippen LogP contribution in [0.2, 0.25) is 0 Å². The molecule has 0 heterocycles. The Morgan fingerprint density at radius 1 is 0.750 bits per heavy atom. The standard InChI is InChI=1S/C12H27O3P/c1-2-3-4-5-6-7-8-9-10-11-12-15-16(13)14/h13-14H,2-12H2,1H3. The van der Waals surface area contributed by atoms with E-state index in [4.69, 9.17) is 9.79 Å². The molecule has 0 aromatic heterocycles. The highest BCUT2D eigenvalue weighted by Crippen LogP contribution is 2.24. The first-order valence-corrected chi connectivity index (χ1v) is 7.74. The average molecular weight is 250 g/mol. The zero-order chi connectivity index (χ0) is 12.1. The van der Waals surface area contributed by atoms with Gasteiger partial charge < -0.3 is 14.3 Å². The van der Waals surface area contributed by atoms with Crippen LogP contribution in [0.3, 0.4) is 0 Å². The number of unbranched alkanes of at least 4 members (excludes halogenated alkanes) is 9. The van der Waals surface area contributed by atoms with Crippen molar-refractivity contribution in [1.82, 2.24) is 0 Å². The predicted octanol–water partition coefficient (Wildman–Crippen LogP) is 4.14. The van der Waals surface area contributed by atoms with Crippen LogP contribution in [0.25, 0.3) is 0 Å². The Morgan fingerprint density at radius 2 is 1.19 bits per heavy atom. The van der Waals surface area contributed by atoms with Crippen molar-refractivity contribution in [3.63, 3.8) is 0 Å². The summed E-state index contributed by atoms with van der Waals surface area (Å²) in [5.74, 6) is 0. The van der Waals surface area contributed by atoms with E-state index in [2.05, 4.69) is 11.4 Å². The van der Waals surface area contributed by atoms with Gasteiger partial charge >= 0.3 is 8.60 Å². The molecule has 16 heavy (non-hydrogen) atoms. The molecular formula is C12H27O3P. The third kappa shape index (κ3) is 14.3. The molecule has 0 atom stereocenters. The lowest BCUT2D eigenvalue weighted by Gasteiger charge is -2.04. The van der Waals surface area contributed by atoms with E-state index in [1.165, 1.54) is 51.4 Å². The van der Waals surface area contributed by atoms with E-state index in [0.29, 0.717) is 6.61 Å². The second-order valence-corrected chi connectivity index (χ2v) is 5.03. The lowest BCUT2D eigenvalue weighted by atomic mass is 10.1. The van der Waals surface area contributed by atoms with Crippen molar-refractivity contribution in [1.29, 1.82) is 0 Å². The fourth-order valence-electron chi connectivity index (χ4n) is 1.74. The first-order chi connectivity index (χ1) is 7.77. The van der Waals surface area contributed by atoms with Gasteiger partial charge in [-0.3, -0.25) is 0 Å². The monoisotopic (exact) mass is 250 g/mol. The molecule has 4 heteroatoms. The molecule has 0 aromatic carbocycles. The molecule has 0 aliphatic carbocycles. The van der Waals surface area contributed by atoms with Crippen molar-refractivity contribution < 1.29 is 14.3 Å². The molecule has 0 rings (SSSR count). The van der Waals surface area contributed by atoms with Gasteiger partial charge in [0.15, 0.2) is 0 Å². The van der Waals surface area contributed by atoms with E-state index in [9.17, 15) is 0 Å². The van der Waals surface area contributed by atoms with Gasteiger partial charge in [0, 0.05) is 0 Å². The van der Waals surface area contributed by atoms with Crippen LogP contribution in [0.5, 0.6) is 0 Å². The maximum Gasteiger partial charge on any atom is 0.327 e. The van der Waals surface area contributed by atoms with Crippen LogP contribution in [0.1, 0.15) is 71.1 Å². The molecule has 0 unspecified atom stereocenters. The van der Waals surface area contributed by atoms with Crippen LogP contribution in [0.15, 0.2) is 0 Å². The minimum absolute atomic E-state index is 0.481. The molecular weight excluding hydrogens is 223 g/mol. The highest BCUT2D eigenvalue weighted by molar-refractivity contribution is 7.39. The Morgan fingerprint density at radius 3 is 1.62 bits per heavy atom. The van der Waals surface area contributed by atoms with Gasteiger partial charge in [0.2, 0.25) is 0 Å². The lowest BCUT2D eigenvalue weighted by molar-refractivity contribution is 0.248. The second kappa shape index (κ2) is 13.4. The lowest BCUT2D eigenvalue weighted by Crippen LogP contribution is -1.89. The maximum atomic E-state index is 8.49. The molecule has 0 fully saturated rings. The summed E-state index contributed by atoms with van der Waals surface area (Å²) in [5, 5.41) is 0. The van der Waals surface area contributed by atoms with Crippen molar-refractivity contribution in [3.8, 4) is 0 Å². The van der Waals surface area contributed by atoms with Crippen molar-refractivity contribution in [2.45, 2.75) is 71.1 Å². The van der Waals surface area contributed by atoms with Crippen LogP contribution < -0.4 is 0 Å². The van der Waals surface area contributed by atoms with Gasteiger partial charge in [-0.1, -0.05) is 64.7 Å². The van der Waals surface area contributed by atoms with Gasteiger partial charge in [0.25, 0.3) is 0 Å². The SMILES string of the molecule is CCCCCCCCCCCCOP(O)O. The Hall–Kier alpha value is 0.310. The van der Waals surface area contributed by atoms with Gasteiger partial charge in [0.05, 0.1) is 6.61 Å². The highest BCUT2D eigenvalue weighted by Gasteiger charge is 1.97. The zero-order valence-corrected chi connectivity index (χ0v) is 11.4. The Bertz CT molecular complexity index is 131. The van der Waals surface area contributed by atoms with Crippen LogP contribution in [-0.4, -0.2) is 16.4 Å². The molecule has 2 N–H and O–H groups in total. The van der Waals surface area contributed by atoms with E-state index in [1.807, 2.05) is 0 Å². The molecule has 0 aromatic rings. The van der Waals surface area contributed by atoms with Gasteiger partial charge in [-0.25, -0.2) is 0 Å². The summed E-state index contributed by atoms with van der Waals surface area (Å²) >= 11 is 0. The summed E-state index contributed by atoms with van der Waals surface area (Å²) in [6, 6.07) is 0. The largest absolute Gasteiger partial charge is 0.328 e. The third-order valence-corrected chi connectivity index (χ3v) is 3.12. The van der Waals surface area contributed by atoms with E-state index in [-0.39, 0.29) is 0 Å². The first kappa shape index (κ1) is 16.3. The summed E-state index contributed by atoms with van der Waals surface area (Å²) in [7, 11) is -2.14. The van der Waals surface area contributed by atoms with Crippen molar-refractivity contribution in [2.75, 3.05) is 6.61 Å². The van der Waals surface area contributed by atoms with Crippen LogP contribution in [0.4, 0.5) is 0 Å². The summed E-state index contributed by atoms with van der Waals surface area (Å²) in [5.41, 5.74) is 0. The van der Waals surface area contributed by atoms with E-state index < -0.39 is 8.60 Å². The Labute approximate surface area is 101 Å². The number of hydrogen-bond donors (Lipinski definition) is 2. The molecule has 0 saturated heterocycles. The van der Waals surface area contributed by atoms with Crippen LogP contribution in [-0.2, 0) is 4.52 Å². The molecule has 0 amide bonds. The molecule has 0 saturated carbocycles. The predicted molar refractivity (Wildman–Crippen MR) is 69.2 cm³/mol. The number of hydrogen-bond acceptors (Lipinski definition) is 3. The van der Waals surface area contributed by atoms with Gasteiger partial charge in [-0.15, -0.1) is 0 Å². The highest BCUT2D eigenvalue weighted by atomic mass is 31.2. The summed E-state index contributed by atoms with van der Waals surface area (Å²) in [6.45, 7) is 2.72. The Kier molecular flexibility index (Phi) is 13.6. The van der Waals surface area contributed by atoms with Crippen molar-refractivity contribution >= 4 is 8.60 Å². The van der Waals surface area contributed by atoms with Gasteiger partial charge in [0.1, 0.15) is 0 Å². The first-order valence-electron chi connectivity index (χ1n) is 6.58. The smallest absolute Gasteiger partial charge is 0.327 e. The molecule has 0 bridgehead atoms. The third-order valence-electron chi connectivity index (χ3n) is 2.70. The van der Waals surface area contributed by atoms with Gasteiger partial charge in [-0.05, 0) is 6.42 Å². The topological polar surface area (TPSA) is 49.7 Å². The fourth-order valence-corrected chi connectivity index (χ4v) is 2.03.